The number of hydrogen-bond donors (Lipinski definition) is 1. The molecule has 188 valence electrons. The lowest BCUT2D eigenvalue weighted by Crippen LogP contribution is -2.34. The van der Waals surface area contributed by atoms with Gasteiger partial charge in [0.05, 0.1) is 31.3 Å². The Bertz CT molecular complexity index is 1640. The van der Waals surface area contributed by atoms with E-state index in [0.717, 1.165) is 5.69 Å². The van der Waals surface area contributed by atoms with Crippen LogP contribution in [0, 0.1) is 6.92 Å². The third kappa shape index (κ3) is 4.22. The van der Waals surface area contributed by atoms with Gasteiger partial charge in [0.2, 0.25) is 5.91 Å². The number of anilines is 1. The lowest BCUT2D eigenvalue weighted by atomic mass is 10.2. The van der Waals surface area contributed by atoms with Gasteiger partial charge in [0.15, 0.2) is 5.82 Å². The minimum Gasteiger partial charge on any atom is -0.497 e. The molecule has 5 rings (SSSR count). The molecule has 5 aromatic rings. The molecule has 0 unspecified atom stereocenters. The molecule has 10 heteroatoms. The molecule has 2 aromatic carbocycles. The van der Waals surface area contributed by atoms with Gasteiger partial charge in [0, 0.05) is 18.5 Å². The number of aromatic nitrogens is 5. The Morgan fingerprint density at radius 3 is 2.38 bits per heavy atom. The number of nitrogens with zero attached hydrogens (tertiary/aromatic N) is 5. The van der Waals surface area contributed by atoms with Gasteiger partial charge in [-0.25, -0.2) is 9.36 Å². The highest BCUT2D eigenvalue weighted by Gasteiger charge is 2.26. The van der Waals surface area contributed by atoms with Gasteiger partial charge in [-0.2, -0.15) is 10.2 Å². The summed E-state index contributed by atoms with van der Waals surface area (Å²) in [6.45, 7) is 3.40. The van der Waals surface area contributed by atoms with Crippen LogP contribution in [0.25, 0.3) is 22.4 Å². The highest BCUT2D eigenvalue weighted by atomic mass is 16.5. The van der Waals surface area contributed by atoms with Crippen molar-refractivity contribution < 1.29 is 14.3 Å². The van der Waals surface area contributed by atoms with Crippen molar-refractivity contribution in [1.29, 1.82) is 0 Å². The third-order valence-corrected chi connectivity index (χ3v) is 6.15. The molecular weight excluding hydrogens is 472 g/mol. The largest absolute Gasteiger partial charge is 0.497 e. The lowest BCUT2D eigenvalue weighted by Gasteiger charge is -2.17. The summed E-state index contributed by atoms with van der Waals surface area (Å²) in [6.07, 6.45) is 3.70. The molecule has 0 aliphatic rings. The maximum atomic E-state index is 13.9. The van der Waals surface area contributed by atoms with Gasteiger partial charge in [-0.15, -0.1) is 0 Å². The zero-order valence-electron chi connectivity index (χ0n) is 20.9. The zero-order chi connectivity index (χ0) is 26.1. The first-order chi connectivity index (χ1) is 17.9. The minimum atomic E-state index is -0.917. The number of carbonyl (C=O) groups excluding carboxylic acids is 1. The molecule has 0 bridgehead atoms. The number of para-hydroxylation sites is 1. The van der Waals surface area contributed by atoms with E-state index in [-0.39, 0.29) is 0 Å². The number of fused-ring (bicyclic) bond motifs is 1. The Labute approximate surface area is 212 Å². The van der Waals surface area contributed by atoms with Gasteiger partial charge in [-0.3, -0.25) is 9.59 Å². The van der Waals surface area contributed by atoms with Crippen molar-refractivity contribution >= 4 is 22.5 Å². The predicted octanol–water partition coefficient (Wildman–Crippen LogP) is 3.90. The quantitative estimate of drug-likeness (QED) is 0.365. The van der Waals surface area contributed by atoms with E-state index in [1.807, 2.05) is 59.4 Å². The second kappa shape index (κ2) is 9.65. The Morgan fingerprint density at radius 2 is 1.70 bits per heavy atom. The maximum absolute atomic E-state index is 13.9. The van der Waals surface area contributed by atoms with E-state index < -0.39 is 17.5 Å². The topological polar surface area (TPSA) is 105 Å². The first-order valence-corrected chi connectivity index (χ1v) is 11.7. The predicted molar refractivity (Wildman–Crippen MR) is 140 cm³/mol. The fraction of sp³-hybridized carbons (Fsp3) is 0.185. The molecule has 0 radical (unpaired) electrons. The Hall–Kier alpha value is -4.86. The SMILES string of the molecule is COc1ccc(NC(=O)[C@@H](C)n2nc(C)c3nn(-c4ccccc4)c(-n4cccc4)c3c2=O)c(OC)c1. The van der Waals surface area contributed by atoms with Gasteiger partial charge in [0.1, 0.15) is 28.4 Å². The summed E-state index contributed by atoms with van der Waals surface area (Å²) in [7, 11) is 3.05. The molecule has 0 aliphatic heterocycles. The number of amides is 1. The van der Waals surface area contributed by atoms with Crippen LogP contribution in [0.15, 0.2) is 77.9 Å². The third-order valence-electron chi connectivity index (χ3n) is 6.15. The van der Waals surface area contributed by atoms with Crippen LogP contribution < -0.4 is 20.3 Å². The summed E-state index contributed by atoms with van der Waals surface area (Å²) >= 11 is 0. The molecule has 37 heavy (non-hydrogen) atoms. The van der Waals surface area contributed by atoms with E-state index in [2.05, 4.69) is 10.4 Å². The molecule has 0 saturated heterocycles. The van der Waals surface area contributed by atoms with E-state index in [1.54, 1.807) is 43.8 Å². The van der Waals surface area contributed by atoms with Crippen LogP contribution in [0.4, 0.5) is 5.69 Å². The van der Waals surface area contributed by atoms with Crippen LogP contribution in [-0.2, 0) is 4.79 Å². The van der Waals surface area contributed by atoms with Crippen molar-refractivity contribution in [2.45, 2.75) is 19.9 Å². The standard InChI is InChI=1S/C27H26N6O4/c1-17-24-23(26(31-14-8-9-15-31)33(30-24)19-10-6-5-7-11-19)27(35)32(29-17)18(2)25(34)28-21-13-12-20(36-3)16-22(21)37-4/h5-16,18H,1-4H3,(H,28,34)/t18-/m1/s1. The van der Waals surface area contributed by atoms with Gasteiger partial charge < -0.3 is 19.4 Å². The van der Waals surface area contributed by atoms with Crippen LogP contribution in [0.2, 0.25) is 0 Å². The average molecular weight is 499 g/mol. The van der Waals surface area contributed by atoms with Gasteiger partial charge in [-0.1, -0.05) is 18.2 Å². The summed E-state index contributed by atoms with van der Waals surface area (Å²) in [6, 6.07) is 17.5. The molecule has 0 saturated carbocycles. The van der Waals surface area contributed by atoms with E-state index in [1.165, 1.54) is 11.8 Å². The minimum absolute atomic E-state index is 0.370. The first-order valence-electron chi connectivity index (χ1n) is 11.7. The number of methoxy groups -OCH3 is 2. The normalized spacial score (nSPS) is 11.9. The van der Waals surface area contributed by atoms with Crippen LogP contribution in [0.3, 0.4) is 0 Å². The fourth-order valence-corrected chi connectivity index (χ4v) is 4.20. The number of nitrogens with one attached hydrogen (secondary N) is 1. The number of benzene rings is 2. The van der Waals surface area contributed by atoms with Crippen molar-refractivity contribution in [1.82, 2.24) is 24.1 Å². The Balaban J connectivity index is 1.62. The Morgan fingerprint density at radius 1 is 0.973 bits per heavy atom. The molecule has 1 amide bonds. The second-order valence-corrected chi connectivity index (χ2v) is 8.45. The number of aryl methyl sites for hydroxylation is 1. The summed E-state index contributed by atoms with van der Waals surface area (Å²) in [5.41, 5.74) is 1.83. The molecule has 0 spiro atoms. The summed E-state index contributed by atoms with van der Waals surface area (Å²) in [4.78, 5) is 27.1. The lowest BCUT2D eigenvalue weighted by molar-refractivity contribution is -0.119. The van der Waals surface area contributed by atoms with Crippen LogP contribution in [0.1, 0.15) is 18.7 Å². The summed E-state index contributed by atoms with van der Waals surface area (Å²) in [5, 5.41) is 12.4. The molecule has 3 heterocycles. The van der Waals surface area contributed by atoms with E-state index >= 15 is 0 Å². The monoisotopic (exact) mass is 498 g/mol. The zero-order valence-corrected chi connectivity index (χ0v) is 20.9. The number of hydrogen-bond acceptors (Lipinski definition) is 6. The van der Waals surface area contributed by atoms with Crippen molar-refractivity contribution in [3.63, 3.8) is 0 Å². The first kappa shape index (κ1) is 23.9. The van der Waals surface area contributed by atoms with E-state index in [0.29, 0.717) is 39.6 Å². The van der Waals surface area contributed by atoms with Crippen LogP contribution in [-0.4, -0.2) is 44.3 Å². The van der Waals surface area contributed by atoms with Crippen LogP contribution in [0.5, 0.6) is 11.5 Å². The highest BCUT2D eigenvalue weighted by Crippen LogP contribution is 2.30. The molecule has 1 N–H and O–H groups in total. The van der Waals surface area contributed by atoms with Gasteiger partial charge in [-0.05, 0) is 50.2 Å². The maximum Gasteiger partial charge on any atom is 0.280 e. The van der Waals surface area contributed by atoms with Crippen molar-refractivity contribution in [2.75, 3.05) is 19.5 Å². The fourth-order valence-electron chi connectivity index (χ4n) is 4.20. The molecule has 10 nitrogen and oxygen atoms in total. The summed E-state index contributed by atoms with van der Waals surface area (Å²) < 4.78 is 15.4. The van der Waals surface area contributed by atoms with E-state index in [9.17, 15) is 9.59 Å². The van der Waals surface area contributed by atoms with Gasteiger partial charge in [0.25, 0.3) is 5.56 Å². The summed E-state index contributed by atoms with van der Waals surface area (Å²) in [5.74, 6) is 1.18. The van der Waals surface area contributed by atoms with Gasteiger partial charge >= 0.3 is 0 Å². The molecule has 0 aliphatic carbocycles. The van der Waals surface area contributed by atoms with Crippen LogP contribution >= 0.6 is 0 Å². The number of rotatable bonds is 7. The highest BCUT2D eigenvalue weighted by molar-refractivity contribution is 5.95. The van der Waals surface area contributed by atoms with Crippen molar-refractivity contribution in [3.05, 3.63) is 89.1 Å². The average Bonchev–Trinajstić information content (AvgIpc) is 3.59. The molecule has 3 aromatic heterocycles. The molecular formula is C27H26N6O4. The van der Waals surface area contributed by atoms with E-state index in [4.69, 9.17) is 14.6 Å². The number of ether oxygens (including phenoxy) is 2. The molecule has 0 fully saturated rings. The van der Waals surface area contributed by atoms with Crippen molar-refractivity contribution in [2.24, 2.45) is 0 Å². The molecule has 1 atom stereocenters. The second-order valence-electron chi connectivity index (χ2n) is 8.45. The Kier molecular flexibility index (Phi) is 6.22. The van der Waals surface area contributed by atoms with Crippen molar-refractivity contribution in [3.8, 4) is 23.0 Å². The smallest absolute Gasteiger partial charge is 0.280 e. The number of carbonyl (C=O) groups is 1.